The summed E-state index contributed by atoms with van der Waals surface area (Å²) in [5.74, 6) is 0.670. The monoisotopic (exact) mass is 440 g/mol. The van der Waals surface area contributed by atoms with Gasteiger partial charge in [-0.15, -0.1) is 0 Å². The predicted molar refractivity (Wildman–Crippen MR) is 121 cm³/mol. The molecule has 1 amide bonds. The normalized spacial score (nSPS) is 16.1. The number of fused-ring (bicyclic) bond motifs is 1. The molecule has 0 aliphatic heterocycles. The van der Waals surface area contributed by atoms with Crippen LogP contribution in [0.3, 0.4) is 0 Å². The van der Waals surface area contributed by atoms with E-state index in [1.165, 1.54) is 17.1 Å². The number of sulfone groups is 1. The Morgan fingerprint density at radius 1 is 1.16 bits per heavy atom. The van der Waals surface area contributed by atoms with Gasteiger partial charge in [0.2, 0.25) is 5.91 Å². The van der Waals surface area contributed by atoms with Crippen LogP contribution in [0, 0.1) is 5.92 Å². The van der Waals surface area contributed by atoms with Gasteiger partial charge in [0.1, 0.15) is 16.8 Å². The predicted octanol–water partition coefficient (Wildman–Crippen LogP) is 4.37. The highest BCUT2D eigenvalue weighted by Crippen LogP contribution is 2.33. The third-order valence-electron chi connectivity index (χ3n) is 6.03. The molecule has 1 atom stereocenters. The molecule has 4 rings (SSSR count). The lowest BCUT2D eigenvalue weighted by atomic mass is 9.98. The average Bonchev–Trinajstić information content (AvgIpc) is 3.44. The summed E-state index contributed by atoms with van der Waals surface area (Å²) in [5, 5.41) is 7.64. The molecule has 1 fully saturated rings. The fraction of sp³-hybridized carbons (Fsp3) is 0.435. The van der Waals surface area contributed by atoms with Crippen LogP contribution in [0.2, 0.25) is 0 Å². The lowest BCUT2D eigenvalue weighted by molar-refractivity contribution is -0.120. The van der Waals surface area contributed by atoms with E-state index in [2.05, 4.69) is 15.4 Å². The van der Waals surface area contributed by atoms with Gasteiger partial charge in [-0.25, -0.2) is 13.4 Å². The van der Waals surface area contributed by atoms with Crippen LogP contribution in [0.25, 0.3) is 10.9 Å². The van der Waals surface area contributed by atoms with Crippen molar-refractivity contribution in [2.75, 3.05) is 5.32 Å². The second-order valence-electron chi connectivity index (χ2n) is 8.53. The second-order valence-corrected chi connectivity index (χ2v) is 11.0. The van der Waals surface area contributed by atoms with E-state index in [0.717, 1.165) is 36.6 Å². The minimum atomic E-state index is -3.45. The second kappa shape index (κ2) is 8.78. The highest BCUT2D eigenvalue weighted by atomic mass is 32.2. The molecular formula is C23H28N4O3S. The summed E-state index contributed by atoms with van der Waals surface area (Å²) in [6.07, 6.45) is 7.95. The quantitative estimate of drug-likeness (QED) is 0.589. The maximum Gasteiger partial charge on any atom is 0.250 e. The Morgan fingerprint density at radius 2 is 1.90 bits per heavy atom. The molecule has 1 N–H and O–H groups in total. The van der Waals surface area contributed by atoms with E-state index in [9.17, 15) is 13.2 Å². The molecule has 2 heterocycles. The van der Waals surface area contributed by atoms with Gasteiger partial charge in [0.05, 0.1) is 17.0 Å². The zero-order valence-electron chi connectivity index (χ0n) is 17.9. The van der Waals surface area contributed by atoms with Crippen molar-refractivity contribution >= 4 is 32.5 Å². The number of para-hydroxylation sites is 1. The van der Waals surface area contributed by atoms with Crippen LogP contribution >= 0.6 is 0 Å². The van der Waals surface area contributed by atoms with Crippen molar-refractivity contribution in [3.05, 3.63) is 48.8 Å². The van der Waals surface area contributed by atoms with Crippen molar-refractivity contribution in [2.45, 2.75) is 62.1 Å². The number of aromatic nitrogens is 3. The van der Waals surface area contributed by atoms with Gasteiger partial charge in [0.25, 0.3) is 0 Å². The van der Waals surface area contributed by atoms with Crippen molar-refractivity contribution < 1.29 is 13.2 Å². The van der Waals surface area contributed by atoms with Crippen molar-refractivity contribution in [1.82, 2.24) is 14.8 Å². The smallest absolute Gasteiger partial charge is 0.250 e. The molecule has 0 saturated heterocycles. The molecule has 31 heavy (non-hydrogen) atoms. The molecule has 7 nitrogen and oxygen atoms in total. The van der Waals surface area contributed by atoms with E-state index in [4.69, 9.17) is 0 Å². The minimum absolute atomic E-state index is 0.149. The van der Waals surface area contributed by atoms with Crippen LogP contribution in [0.15, 0.2) is 53.7 Å². The molecule has 1 unspecified atom stereocenters. The lowest BCUT2D eigenvalue weighted by Crippen LogP contribution is -2.28. The van der Waals surface area contributed by atoms with E-state index in [0.29, 0.717) is 18.2 Å². The molecule has 0 bridgehead atoms. The van der Waals surface area contributed by atoms with Crippen molar-refractivity contribution in [2.24, 2.45) is 5.92 Å². The number of nitrogens with one attached hydrogen (secondary N) is 1. The van der Waals surface area contributed by atoms with Gasteiger partial charge in [-0.2, -0.15) is 5.10 Å². The first-order valence-corrected chi connectivity index (χ1v) is 12.3. The summed E-state index contributed by atoms with van der Waals surface area (Å²) in [4.78, 5) is 18.0. The summed E-state index contributed by atoms with van der Waals surface area (Å²) in [6, 6.07) is 10.8. The van der Waals surface area contributed by atoms with Crippen LogP contribution < -0.4 is 5.32 Å². The van der Waals surface area contributed by atoms with Crippen molar-refractivity contribution in [3.8, 4) is 0 Å². The largest absolute Gasteiger partial charge is 0.309 e. The first kappa shape index (κ1) is 21.5. The molecule has 1 aliphatic carbocycles. The SMILES string of the molecule is CC(C)S(=O)(=O)c1cnn(C(CC2CCCC2)C(=O)Nc2ccc3ccccc3n2)c1. The number of benzene rings is 1. The van der Waals surface area contributed by atoms with E-state index in [1.54, 1.807) is 19.9 Å². The van der Waals surface area contributed by atoms with Crippen molar-refractivity contribution in [1.29, 1.82) is 0 Å². The molecular weight excluding hydrogens is 412 g/mol. The lowest BCUT2D eigenvalue weighted by Gasteiger charge is -2.20. The van der Waals surface area contributed by atoms with Gasteiger partial charge in [-0.3, -0.25) is 9.48 Å². The maximum atomic E-state index is 13.3. The maximum absolute atomic E-state index is 13.3. The highest BCUT2D eigenvalue weighted by Gasteiger charge is 2.29. The number of hydrogen-bond donors (Lipinski definition) is 1. The molecule has 1 aliphatic rings. The number of amides is 1. The summed E-state index contributed by atoms with van der Waals surface area (Å²) < 4.78 is 26.6. The number of rotatable bonds is 7. The summed E-state index contributed by atoms with van der Waals surface area (Å²) in [7, 11) is -3.45. The number of carbonyl (C=O) groups is 1. The average molecular weight is 441 g/mol. The molecule has 3 aromatic rings. The van der Waals surface area contributed by atoms with Crippen LogP contribution in [0.1, 0.15) is 52.0 Å². The first-order chi connectivity index (χ1) is 14.8. The Labute approximate surface area is 182 Å². The highest BCUT2D eigenvalue weighted by molar-refractivity contribution is 7.92. The van der Waals surface area contributed by atoms with Crippen LogP contribution in [0.4, 0.5) is 5.82 Å². The molecule has 164 valence electrons. The molecule has 0 spiro atoms. The Bertz CT molecular complexity index is 1180. The number of carbonyl (C=O) groups excluding carboxylic acids is 1. The van der Waals surface area contributed by atoms with Gasteiger partial charge in [0.15, 0.2) is 9.84 Å². The standard InChI is InChI=1S/C23H28N4O3S/c1-16(2)31(29,30)19-14-24-27(15-19)21(13-17-7-3-4-8-17)23(28)26-22-12-11-18-9-5-6-10-20(18)25-22/h5-6,9-12,14-17,21H,3-4,7-8,13H2,1-2H3,(H,25,26,28). The number of pyridine rings is 1. The molecule has 0 radical (unpaired) electrons. The summed E-state index contributed by atoms with van der Waals surface area (Å²) >= 11 is 0. The number of anilines is 1. The first-order valence-electron chi connectivity index (χ1n) is 10.8. The van der Waals surface area contributed by atoms with E-state index < -0.39 is 21.1 Å². The topological polar surface area (TPSA) is 94.0 Å². The van der Waals surface area contributed by atoms with Crippen LogP contribution in [0.5, 0.6) is 0 Å². The van der Waals surface area contributed by atoms with Gasteiger partial charge >= 0.3 is 0 Å². The van der Waals surface area contributed by atoms with E-state index >= 15 is 0 Å². The fourth-order valence-electron chi connectivity index (χ4n) is 4.15. The minimum Gasteiger partial charge on any atom is -0.309 e. The van der Waals surface area contributed by atoms with Crippen LogP contribution in [-0.2, 0) is 14.6 Å². The Hall–Kier alpha value is -2.74. The molecule has 1 saturated carbocycles. The third kappa shape index (κ3) is 4.63. The molecule has 1 aromatic carbocycles. The number of hydrogen-bond acceptors (Lipinski definition) is 5. The van der Waals surface area contributed by atoms with E-state index in [-0.39, 0.29) is 10.8 Å². The van der Waals surface area contributed by atoms with E-state index in [1.807, 2.05) is 30.3 Å². The summed E-state index contributed by atoms with van der Waals surface area (Å²) in [5.41, 5.74) is 0.803. The van der Waals surface area contributed by atoms with Gasteiger partial charge in [-0.05, 0) is 44.4 Å². The number of nitrogens with zero attached hydrogens (tertiary/aromatic N) is 3. The molecule has 2 aromatic heterocycles. The fourth-order valence-corrected chi connectivity index (χ4v) is 5.15. The van der Waals surface area contributed by atoms with Crippen molar-refractivity contribution in [3.63, 3.8) is 0 Å². The van der Waals surface area contributed by atoms with Gasteiger partial charge < -0.3 is 5.32 Å². The summed E-state index contributed by atoms with van der Waals surface area (Å²) in [6.45, 7) is 3.28. The Morgan fingerprint density at radius 3 is 2.65 bits per heavy atom. The Balaban J connectivity index is 1.61. The van der Waals surface area contributed by atoms with Gasteiger partial charge in [0, 0.05) is 11.6 Å². The zero-order chi connectivity index (χ0) is 22.0. The molecule has 8 heteroatoms. The van der Waals surface area contributed by atoms with Gasteiger partial charge in [-0.1, -0.05) is 43.9 Å². The zero-order valence-corrected chi connectivity index (χ0v) is 18.7. The third-order valence-corrected chi connectivity index (χ3v) is 8.14. The van der Waals surface area contributed by atoms with Crippen LogP contribution in [-0.4, -0.2) is 34.3 Å². The Kier molecular flexibility index (Phi) is 6.09.